The molecule has 2 rings (SSSR count). The quantitative estimate of drug-likeness (QED) is 0.376. The number of phenols is 1. The average Bonchev–Trinajstić information content (AvgIpc) is 2.48. The van der Waals surface area contributed by atoms with Crippen molar-refractivity contribution in [3.8, 4) is 5.75 Å². The van der Waals surface area contributed by atoms with Crippen molar-refractivity contribution in [3.05, 3.63) is 40.0 Å². The Labute approximate surface area is 123 Å². The topological polar surface area (TPSA) is 98.6 Å². The highest BCUT2D eigenvalue weighted by atomic mass is 16.6. The summed E-state index contributed by atoms with van der Waals surface area (Å²) >= 11 is 0. The number of nitro benzene ring substituents is 1. The standard InChI is InChI=1S/C14H19BN2O4/c16-10-21-15-7-5-11(6-8-15)1-2-12-3-4-14(18)13(9-12)17(19)20/h1-4,9,11,18H,5-8,10,16H2. The largest absolute Gasteiger partial charge is 0.502 e. The van der Waals surface area contributed by atoms with E-state index in [2.05, 4.69) is 6.08 Å². The van der Waals surface area contributed by atoms with Crippen LogP contribution >= 0.6 is 0 Å². The van der Waals surface area contributed by atoms with Crippen LogP contribution in [0.1, 0.15) is 18.4 Å². The Hall–Kier alpha value is -1.86. The lowest BCUT2D eigenvalue weighted by atomic mass is 9.54. The number of benzene rings is 1. The highest BCUT2D eigenvalue weighted by Crippen LogP contribution is 2.29. The molecule has 21 heavy (non-hydrogen) atoms. The summed E-state index contributed by atoms with van der Waals surface area (Å²) in [5.74, 6) is 0.145. The minimum absolute atomic E-state index is 0.259. The van der Waals surface area contributed by atoms with E-state index in [1.807, 2.05) is 6.08 Å². The van der Waals surface area contributed by atoms with Crippen LogP contribution in [0.5, 0.6) is 5.75 Å². The van der Waals surface area contributed by atoms with Crippen molar-refractivity contribution in [2.24, 2.45) is 11.7 Å². The molecule has 1 saturated heterocycles. The molecule has 112 valence electrons. The summed E-state index contributed by atoms with van der Waals surface area (Å²) in [6.07, 6.45) is 7.99. The maximum atomic E-state index is 10.8. The smallest absolute Gasteiger partial charge is 0.311 e. The van der Waals surface area contributed by atoms with E-state index in [1.54, 1.807) is 6.07 Å². The second-order valence-corrected chi connectivity index (χ2v) is 5.23. The van der Waals surface area contributed by atoms with Crippen molar-refractivity contribution >= 4 is 18.7 Å². The van der Waals surface area contributed by atoms with E-state index >= 15 is 0 Å². The van der Waals surface area contributed by atoms with Gasteiger partial charge in [0.05, 0.1) is 11.7 Å². The van der Waals surface area contributed by atoms with Crippen LogP contribution in [0, 0.1) is 16.0 Å². The van der Waals surface area contributed by atoms with Crippen LogP contribution in [0.4, 0.5) is 5.69 Å². The Bertz CT molecular complexity index is 528. The van der Waals surface area contributed by atoms with Crippen molar-refractivity contribution in [2.45, 2.75) is 25.5 Å². The molecule has 0 atom stereocenters. The van der Waals surface area contributed by atoms with Crippen molar-refractivity contribution in [2.75, 3.05) is 6.73 Å². The Morgan fingerprint density at radius 3 is 2.81 bits per heavy atom. The molecule has 0 spiro atoms. The van der Waals surface area contributed by atoms with Crippen LogP contribution in [0.15, 0.2) is 24.3 Å². The predicted octanol–water partition coefficient (Wildman–Crippen LogP) is 2.65. The molecule has 6 nitrogen and oxygen atoms in total. The van der Waals surface area contributed by atoms with E-state index in [1.165, 1.54) is 12.1 Å². The van der Waals surface area contributed by atoms with E-state index in [0.717, 1.165) is 31.0 Å². The van der Waals surface area contributed by atoms with Crippen LogP contribution in [0.25, 0.3) is 6.08 Å². The minimum Gasteiger partial charge on any atom is -0.502 e. The lowest BCUT2D eigenvalue weighted by molar-refractivity contribution is -0.385. The molecule has 0 aliphatic carbocycles. The van der Waals surface area contributed by atoms with Crippen LogP contribution < -0.4 is 5.73 Å². The molecule has 1 aromatic rings. The fourth-order valence-corrected chi connectivity index (χ4v) is 2.62. The maximum absolute atomic E-state index is 10.8. The molecule has 0 amide bonds. The third kappa shape index (κ3) is 4.31. The number of aromatic hydroxyl groups is 1. The first-order valence-corrected chi connectivity index (χ1v) is 7.07. The molecule has 1 aliphatic heterocycles. The van der Waals surface area contributed by atoms with E-state index in [0.29, 0.717) is 5.92 Å². The lowest BCUT2D eigenvalue weighted by Gasteiger charge is -2.23. The molecule has 7 heteroatoms. The Morgan fingerprint density at radius 2 is 2.19 bits per heavy atom. The normalized spacial score (nSPS) is 16.5. The van der Waals surface area contributed by atoms with Crippen LogP contribution in [-0.4, -0.2) is 23.7 Å². The number of phenolic OH excluding ortho intramolecular Hbond substituents is 1. The van der Waals surface area contributed by atoms with Crippen molar-refractivity contribution in [1.29, 1.82) is 0 Å². The van der Waals surface area contributed by atoms with E-state index in [-0.39, 0.29) is 25.1 Å². The van der Waals surface area contributed by atoms with E-state index < -0.39 is 4.92 Å². The van der Waals surface area contributed by atoms with E-state index in [4.69, 9.17) is 10.4 Å². The average molecular weight is 290 g/mol. The van der Waals surface area contributed by atoms with Gasteiger partial charge in [0.15, 0.2) is 5.75 Å². The van der Waals surface area contributed by atoms with Crippen LogP contribution in [0.3, 0.4) is 0 Å². The van der Waals surface area contributed by atoms with Crippen molar-refractivity contribution in [3.63, 3.8) is 0 Å². The minimum atomic E-state index is -0.581. The molecule has 0 saturated carbocycles. The SMILES string of the molecule is NCOB1CCC(C=Cc2ccc(O)c([N+](=O)[O-])c2)CC1. The maximum Gasteiger partial charge on any atom is 0.311 e. The lowest BCUT2D eigenvalue weighted by Crippen LogP contribution is -2.26. The molecular weight excluding hydrogens is 271 g/mol. The van der Waals surface area contributed by atoms with E-state index in [9.17, 15) is 15.2 Å². The highest BCUT2D eigenvalue weighted by Gasteiger charge is 2.23. The number of allylic oxidation sites excluding steroid dienone is 1. The number of nitrogens with two attached hydrogens (primary N) is 1. The predicted molar refractivity (Wildman–Crippen MR) is 82.0 cm³/mol. The number of hydrogen-bond donors (Lipinski definition) is 2. The van der Waals surface area contributed by atoms with Gasteiger partial charge in [-0.1, -0.05) is 31.1 Å². The van der Waals surface area contributed by atoms with Crippen LogP contribution in [0.2, 0.25) is 12.6 Å². The van der Waals surface area contributed by atoms with Crippen molar-refractivity contribution in [1.82, 2.24) is 0 Å². The van der Waals surface area contributed by atoms with Gasteiger partial charge in [-0.05, 0) is 30.2 Å². The van der Waals surface area contributed by atoms with Gasteiger partial charge in [-0.3, -0.25) is 10.1 Å². The summed E-state index contributed by atoms with van der Waals surface area (Å²) in [7, 11) is 0. The number of nitrogens with zero attached hydrogens (tertiary/aromatic N) is 1. The van der Waals surface area contributed by atoms with Crippen LogP contribution in [-0.2, 0) is 4.65 Å². The van der Waals surface area contributed by atoms with Gasteiger partial charge in [-0.15, -0.1) is 0 Å². The molecule has 1 aromatic carbocycles. The van der Waals surface area contributed by atoms with Gasteiger partial charge in [0, 0.05) is 6.07 Å². The Balaban J connectivity index is 1.96. The van der Waals surface area contributed by atoms with Gasteiger partial charge in [0.25, 0.3) is 6.92 Å². The second kappa shape index (κ2) is 7.24. The zero-order valence-corrected chi connectivity index (χ0v) is 11.8. The molecule has 0 aromatic heterocycles. The fourth-order valence-electron chi connectivity index (χ4n) is 2.62. The van der Waals surface area contributed by atoms with Gasteiger partial charge in [-0.2, -0.15) is 0 Å². The molecule has 0 radical (unpaired) electrons. The summed E-state index contributed by atoms with van der Waals surface area (Å²) in [4.78, 5) is 10.2. The monoisotopic (exact) mass is 290 g/mol. The molecular formula is C14H19BN2O4. The second-order valence-electron chi connectivity index (χ2n) is 5.23. The molecule has 0 unspecified atom stereocenters. The first-order valence-electron chi connectivity index (χ1n) is 7.07. The van der Waals surface area contributed by atoms with Gasteiger partial charge in [0.1, 0.15) is 0 Å². The van der Waals surface area contributed by atoms with Gasteiger partial charge in [-0.25, -0.2) is 0 Å². The number of rotatable bonds is 5. The zero-order valence-electron chi connectivity index (χ0n) is 11.8. The van der Waals surface area contributed by atoms with Crippen molar-refractivity contribution < 1.29 is 14.7 Å². The number of hydrogen-bond acceptors (Lipinski definition) is 5. The third-order valence-electron chi connectivity index (χ3n) is 3.81. The number of nitro groups is 1. The molecule has 1 aliphatic rings. The Morgan fingerprint density at radius 1 is 1.48 bits per heavy atom. The van der Waals surface area contributed by atoms with Gasteiger partial charge in [0.2, 0.25) is 0 Å². The first-order chi connectivity index (χ1) is 10.1. The summed E-state index contributed by atoms with van der Waals surface area (Å²) in [5, 5.41) is 20.2. The highest BCUT2D eigenvalue weighted by molar-refractivity contribution is 6.52. The summed E-state index contributed by atoms with van der Waals surface area (Å²) in [5.41, 5.74) is 5.82. The summed E-state index contributed by atoms with van der Waals surface area (Å²) in [6, 6.07) is 4.40. The molecule has 1 heterocycles. The van der Waals surface area contributed by atoms with Gasteiger partial charge < -0.3 is 15.5 Å². The molecule has 3 N–H and O–H groups in total. The zero-order chi connectivity index (χ0) is 15.2. The molecule has 0 bridgehead atoms. The third-order valence-corrected chi connectivity index (χ3v) is 3.81. The molecule has 1 fully saturated rings. The summed E-state index contributed by atoms with van der Waals surface area (Å²) < 4.78 is 5.40. The Kier molecular flexibility index (Phi) is 5.35. The fraction of sp³-hybridized carbons (Fsp3) is 0.429. The van der Waals surface area contributed by atoms with Gasteiger partial charge >= 0.3 is 5.69 Å². The first kappa shape index (κ1) is 15.5. The summed E-state index contributed by atoms with van der Waals surface area (Å²) in [6.45, 7) is 0.525.